The summed E-state index contributed by atoms with van der Waals surface area (Å²) in [6.07, 6.45) is 11.9. The van der Waals surface area contributed by atoms with Crippen LogP contribution in [0.15, 0.2) is 65.1 Å². The van der Waals surface area contributed by atoms with Gasteiger partial charge in [-0.2, -0.15) is 0 Å². The number of ketones is 1. The van der Waals surface area contributed by atoms with Crippen LogP contribution < -0.4 is 4.74 Å². The summed E-state index contributed by atoms with van der Waals surface area (Å²) in [6, 6.07) is 9.76. The molecule has 5 nitrogen and oxygen atoms in total. The Labute approximate surface area is 203 Å². The summed E-state index contributed by atoms with van der Waals surface area (Å²) in [4.78, 5) is 13.9. The van der Waals surface area contributed by atoms with Crippen molar-refractivity contribution in [2.24, 2.45) is 0 Å². The van der Waals surface area contributed by atoms with Gasteiger partial charge in [0.05, 0.1) is 17.6 Å². The van der Waals surface area contributed by atoms with Crippen molar-refractivity contribution in [3.05, 3.63) is 65.1 Å². The summed E-state index contributed by atoms with van der Waals surface area (Å²) < 4.78 is 12.5. The lowest BCUT2D eigenvalue weighted by Gasteiger charge is -2.36. The zero-order chi connectivity index (χ0) is 24.3. The SMILES string of the molecule is CSC1=CC(CCCCOc2ccccc2)(O[Si](C)(C)C)/C(=C/C=C/C(O)CCCO)C1=O. The average Bonchev–Trinajstić information content (AvgIpc) is 3.02. The van der Waals surface area contributed by atoms with Gasteiger partial charge in [-0.1, -0.05) is 36.4 Å². The molecule has 0 heterocycles. The molecule has 1 aliphatic rings. The van der Waals surface area contributed by atoms with Gasteiger partial charge >= 0.3 is 0 Å². The number of hydrogen-bond acceptors (Lipinski definition) is 6. The number of hydrogen-bond donors (Lipinski definition) is 2. The van der Waals surface area contributed by atoms with Crippen molar-refractivity contribution < 1.29 is 24.2 Å². The van der Waals surface area contributed by atoms with Crippen LogP contribution in [0.4, 0.5) is 0 Å². The number of carbonyl (C=O) groups is 1. The molecule has 182 valence electrons. The van der Waals surface area contributed by atoms with Gasteiger partial charge in [0, 0.05) is 12.2 Å². The fourth-order valence-corrected chi connectivity index (χ4v) is 5.78. The van der Waals surface area contributed by atoms with Crippen LogP contribution >= 0.6 is 11.8 Å². The maximum Gasteiger partial charge on any atom is 0.198 e. The quantitative estimate of drug-likeness (QED) is 0.210. The zero-order valence-corrected chi connectivity index (χ0v) is 22.1. The van der Waals surface area contributed by atoms with E-state index < -0.39 is 20.0 Å². The summed E-state index contributed by atoms with van der Waals surface area (Å²) in [5, 5.41) is 19.0. The highest BCUT2D eigenvalue weighted by Gasteiger charge is 2.45. The number of thioether (sulfide) groups is 1. The molecule has 2 atom stereocenters. The van der Waals surface area contributed by atoms with Crippen molar-refractivity contribution in [1.29, 1.82) is 0 Å². The molecule has 0 bridgehead atoms. The van der Waals surface area contributed by atoms with E-state index in [0.717, 1.165) is 18.6 Å². The molecule has 0 radical (unpaired) electrons. The average molecular weight is 491 g/mol. The molecule has 0 saturated heterocycles. The predicted octanol–water partition coefficient (Wildman–Crippen LogP) is 5.27. The van der Waals surface area contributed by atoms with E-state index in [1.54, 1.807) is 18.2 Å². The maximum absolute atomic E-state index is 13.2. The first-order valence-electron chi connectivity index (χ1n) is 11.6. The lowest BCUT2D eigenvalue weighted by molar-refractivity contribution is -0.112. The summed E-state index contributed by atoms with van der Waals surface area (Å²) in [5.74, 6) is 0.854. The Morgan fingerprint density at radius 3 is 2.52 bits per heavy atom. The highest BCUT2D eigenvalue weighted by atomic mass is 32.2. The van der Waals surface area contributed by atoms with Crippen LogP contribution in [0.1, 0.15) is 32.1 Å². The minimum absolute atomic E-state index is 0.00390. The Morgan fingerprint density at radius 1 is 1.15 bits per heavy atom. The monoisotopic (exact) mass is 490 g/mol. The highest BCUT2D eigenvalue weighted by molar-refractivity contribution is 8.03. The van der Waals surface area contributed by atoms with E-state index in [1.807, 2.05) is 42.7 Å². The van der Waals surface area contributed by atoms with E-state index >= 15 is 0 Å². The third-order valence-electron chi connectivity index (χ3n) is 5.21. The molecule has 0 spiro atoms. The standard InChI is InChI=1S/C26H38O5SSi/c1-32-24-20-26(31-33(2,3)4,17-8-9-19-30-22-14-6-5-7-15-22)23(25(24)29)16-10-12-21(28)13-11-18-27/h5-7,10,12,14-16,20-21,27-28H,8-9,11,13,17-19H2,1-4H3/b12-10+,23-16+. The number of para-hydroxylation sites is 1. The molecule has 7 heteroatoms. The molecular formula is C26H38O5SSi. The number of benzene rings is 1. The summed E-state index contributed by atoms with van der Waals surface area (Å²) in [6.45, 7) is 7.06. The molecule has 1 aromatic carbocycles. The number of rotatable bonds is 14. The van der Waals surface area contributed by atoms with Crippen LogP contribution in [0.5, 0.6) is 5.75 Å². The minimum Gasteiger partial charge on any atom is -0.494 e. The minimum atomic E-state index is -1.99. The van der Waals surface area contributed by atoms with E-state index in [4.69, 9.17) is 14.3 Å². The van der Waals surface area contributed by atoms with Gasteiger partial charge < -0.3 is 19.4 Å². The molecule has 0 saturated carbocycles. The lowest BCUT2D eigenvalue weighted by atomic mass is 9.90. The first-order chi connectivity index (χ1) is 15.7. The number of aliphatic hydroxyl groups is 2. The number of Topliss-reactive ketones (excluding diaryl/α,β-unsaturated/α-hetero) is 1. The van der Waals surface area contributed by atoms with E-state index in [0.29, 0.717) is 36.3 Å². The zero-order valence-electron chi connectivity index (χ0n) is 20.3. The van der Waals surface area contributed by atoms with Gasteiger partial charge in [-0.15, -0.1) is 11.8 Å². The number of carbonyl (C=O) groups excluding carboxylic acids is 1. The molecular weight excluding hydrogens is 452 g/mol. The highest BCUT2D eigenvalue weighted by Crippen LogP contribution is 2.43. The number of unbranched alkanes of at least 4 members (excludes halogenated alkanes) is 1. The molecule has 2 N–H and O–H groups in total. The Hall–Kier alpha value is -1.64. The molecule has 0 aromatic heterocycles. The van der Waals surface area contributed by atoms with E-state index in [1.165, 1.54) is 11.8 Å². The van der Waals surface area contributed by atoms with Gasteiger partial charge in [0.15, 0.2) is 14.1 Å². The van der Waals surface area contributed by atoms with E-state index in [9.17, 15) is 9.90 Å². The first-order valence-corrected chi connectivity index (χ1v) is 16.2. The van der Waals surface area contributed by atoms with Gasteiger partial charge in [-0.3, -0.25) is 4.79 Å². The van der Waals surface area contributed by atoms with Crippen LogP contribution in [0.25, 0.3) is 0 Å². The Morgan fingerprint density at radius 2 is 1.88 bits per heavy atom. The van der Waals surface area contributed by atoms with Crippen molar-refractivity contribution in [3.8, 4) is 5.75 Å². The molecule has 1 aliphatic carbocycles. The van der Waals surface area contributed by atoms with Crippen molar-refractivity contribution in [2.75, 3.05) is 19.5 Å². The van der Waals surface area contributed by atoms with Crippen LogP contribution in [0.3, 0.4) is 0 Å². The number of aliphatic hydroxyl groups excluding tert-OH is 2. The summed E-state index contributed by atoms with van der Waals surface area (Å²) in [7, 11) is -1.99. The van der Waals surface area contributed by atoms with Crippen LogP contribution in [-0.4, -0.2) is 55.5 Å². The van der Waals surface area contributed by atoms with E-state index in [2.05, 4.69) is 19.6 Å². The predicted molar refractivity (Wildman–Crippen MR) is 139 cm³/mol. The van der Waals surface area contributed by atoms with Crippen molar-refractivity contribution in [2.45, 2.75) is 63.5 Å². The topological polar surface area (TPSA) is 76.0 Å². The number of ether oxygens (including phenoxy) is 1. The summed E-state index contributed by atoms with van der Waals surface area (Å²) >= 11 is 1.44. The second-order valence-corrected chi connectivity index (χ2v) is 14.4. The largest absolute Gasteiger partial charge is 0.494 e. The van der Waals surface area contributed by atoms with Crippen molar-refractivity contribution in [1.82, 2.24) is 0 Å². The van der Waals surface area contributed by atoms with Crippen molar-refractivity contribution in [3.63, 3.8) is 0 Å². The molecule has 1 aromatic rings. The van der Waals surface area contributed by atoms with Crippen molar-refractivity contribution >= 4 is 25.9 Å². The molecule has 2 unspecified atom stereocenters. The van der Waals surface area contributed by atoms with Crippen LogP contribution in [0.2, 0.25) is 19.6 Å². The second kappa shape index (κ2) is 13.3. The molecule has 0 aliphatic heterocycles. The van der Waals surface area contributed by atoms with Gasteiger partial charge in [-0.05, 0) is 76.2 Å². The van der Waals surface area contributed by atoms with Gasteiger partial charge in [-0.25, -0.2) is 0 Å². The van der Waals surface area contributed by atoms with Gasteiger partial charge in [0.25, 0.3) is 0 Å². The molecule has 0 amide bonds. The smallest absolute Gasteiger partial charge is 0.198 e. The lowest BCUT2D eigenvalue weighted by Crippen LogP contribution is -2.42. The first kappa shape index (κ1) is 27.6. The van der Waals surface area contributed by atoms with Gasteiger partial charge in [0.1, 0.15) is 11.4 Å². The molecule has 0 fully saturated rings. The van der Waals surface area contributed by atoms with Crippen LogP contribution in [-0.2, 0) is 9.22 Å². The second-order valence-electron chi connectivity index (χ2n) is 9.16. The third-order valence-corrected chi connectivity index (χ3v) is 6.93. The maximum atomic E-state index is 13.2. The Balaban J connectivity index is 2.17. The Bertz CT molecular complexity index is 844. The molecule has 2 rings (SSSR count). The normalized spacial score (nSPS) is 21.1. The molecule has 33 heavy (non-hydrogen) atoms. The van der Waals surface area contributed by atoms with Crippen LogP contribution in [0, 0.1) is 0 Å². The number of allylic oxidation sites excluding steroid dienone is 3. The fourth-order valence-electron chi connectivity index (χ4n) is 3.81. The third kappa shape index (κ3) is 8.90. The Kier molecular flexibility index (Phi) is 11.1. The summed E-state index contributed by atoms with van der Waals surface area (Å²) in [5.41, 5.74) is -0.128. The fraction of sp³-hybridized carbons (Fsp3) is 0.500. The van der Waals surface area contributed by atoms with Gasteiger partial charge in [0.2, 0.25) is 0 Å². The van der Waals surface area contributed by atoms with E-state index in [-0.39, 0.29) is 12.4 Å².